The largest absolute Gasteiger partial charge is 0.507 e. The molecule has 2 N–H and O–H groups in total. The van der Waals surface area contributed by atoms with Gasteiger partial charge in [-0.15, -0.1) is 0 Å². The fourth-order valence-electron chi connectivity index (χ4n) is 1.51. The zero-order valence-corrected chi connectivity index (χ0v) is 9.46. The lowest BCUT2D eigenvalue weighted by Crippen LogP contribution is -2.11. The number of benzene rings is 2. The predicted molar refractivity (Wildman–Crippen MR) is 67.9 cm³/mol. The molecule has 4 nitrogen and oxygen atoms in total. The normalized spacial score (nSPS) is 9.78. The second-order valence-electron chi connectivity index (χ2n) is 3.71. The van der Waals surface area contributed by atoms with Crippen LogP contribution in [0.4, 0.5) is 5.69 Å². The van der Waals surface area contributed by atoms with Gasteiger partial charge < -0.3 is 10.4 Å². The van der Waals surface area contributed by atoms with Gasteiger partial charge in [0, 0.05) is 17.3 Å². The van der Waals surface area contributed by atoms with E-state index in [1.54, 1.807) is 30.3 Å². The summed E-state index contributed by atoms with van der Waals surface area (Å²) in [6.45, 7) is 0. The van der Waals surface area contributed by atoms with E-state index in [0.29, 0.717) is 17.5 Å². The van der Waals surface area contributed by atoms with E-state index in [0.717, 1.165) is 0 Å². The first-order chi connectivity index (χ1) is 8.70. The molecule has 0 bridgehead atoms. The molecule has 0 atom stereocenters. The molecule has 2 rings (SSSR count). The van der Waals surface area contributed by atoms with Crippen molar-refractivity contribution in [2.24, 2.45) is 0 Å². The highest BCUT2D eigenvalue weighted by atomic mass is 16.3. The molecule has 0 spiro atoms. The summed E-state index contributed by atoms with van der Waals surface area (Å²) < 4.78 is 0. The number of anilines is 1. The quantitative estimate of drug-likeness (QED) is 0.811. The Labute approximate surface area is 104 Å². The summed E-state index contributed by atoms with van der Waals surface area (Å²) in [6, 6.07) is 13.1. The van der Waals surface area contributed by atoms with E-state index in [-0.39, 0.29) is 17.2 Å². The van der Waals surface area contributed by atoms with Gasteiger partial charge in [-0.05, 0) is 24.3 Å². The maximum atomic E-state index is 11.8. The van der Waals surface area contributed by atoms with Crippen molar-refractivity contribution in [1.29, 1.82) is 0 Å². The summed E-state index contributed by atoms with van der Waals surface area (Å²) in [5.41, 5.74) is 1.15. The first kappa shape index (κ1) is 11.9. The van der Waals surface area contributed by atoms with E-state index in [9.17, 15) is 14.7 Å². The first-order valence-electron chi connectivity index (χ1n) is 5.35. The van der Waals surface area contributed by atoms with Crippen LogP contribution in [-0.2, 0) is 0 Å². The van der Waals surface area contributed by atoms with Crippen LogP contribution in [0.1, 0.15) is 20.7 Å². The first-order valence-corrected chi connectivity index (χ1v) is 5.35. The third-order valence-corrected chi connectivity index (χ3v) is 2.45. The number of nitrogens with one attached hydrogen (secondary N) is 1. The number of aromatic hydroxyl groups is 1. The van der Waals surface area contributed by atoms with Gasteiger partial charge in [0.05, 0.1) is 5.56 Å². The zero-order chi connectivity index (χ0) is 13.0. The Hall–Kier alpha value is -2.62. The molecule has 0 aliphatic carbocycles. The van der Waals surface area contributed by atoms with Crippen molar-refractivity contribution in [3.63, 3.8) is 0 Å². The van der Waals surface area contributed by atoms with Gasteiger partial charge in [-0.1, -0.05) is 18.2 Å². The molecule has 1 amide bonds. The van der Waals surface area contributed by atoms with E-state index in [2.05, 4.69) is 5.32 Å². The van der Waals surface area contributed by atoms with E-state index >= 15 is 0 Å². The Morgan fingerprint density at radius 1 is 1.11 bits per heavy atom. The molecule has 0 fully saturated rings. The number of carbonyl (C=O) groups is 2. The Kier molecular flexibility index (Phi) is 3.38. The highest BCUT2D eigenvalue weighted by Gasteiger charge is 2.07. The zero-order valence-electron chi connectivity index (χ0n) is 9.46. The van der Waals surface area contributed by atoms with Gasteiger partial charge in [0.25, 0.3) is 5.91 Å². The number of hydrogen-bond donors (Lipinski definition) is 2. The van der Waals surface area contributed by atoms with Gasteiger partial charge >= 0.3 is 0 Å². The average Bonchev–Trinajstić information content (AvgIpc) is 2.40. The van der Waals surface area contributed by atoms with Crippen LogP contribution in [-0.4, -0.2) is 17.3 Å². The van der Waals surface area contributed by atoms with Crippen molar-refractivity contribution in [2.45, 2.75) is 0 Å². The predicted octanol–water partition coefficient (Wildman–Crippen LogP) is 2.46. The van der Waals surface area contributed by atoms with Crippen molar-refractivity contribution in [3.8, 4) is 5.75 Å². The third kappa shape index (κ3) is 2.55. The number of aldehydes is 1. The standard InChI is InChI=1S/C14H11NO3/c16-9-11-6-7-12(8-13(11)17)15-14(18)10-4-2-1-3-5-10/h1-9,17H,(H,15,18). The Morgan fingerprint density at radius 3 is 2.44 bits per heavy atom. The maximum absolute atomic E-state index is 11.8. The monoisotopic (exact) mass is 241 g/mol. The Bertz CT molecular complexity index is 579. The molecule has 2 aromatic rings. The molecule has 0 saturated heterocycles. The number of hydrogen-bond acceptors (Lipinski definition) is 3. The van der Waals surface area contributed by atoms with Crippen molar-refractivity contribution in [2.75, 3.05) is 5.32 Å². The number of carbonyl (C=O) groups excluding carboxylic acids is 2. The SMILES string of the molecule is O=Cc1ccc(NC(=O)c2ccccc2)cc1O. The summed E-state index contributed by atoms with van der Waals surface area (Å²) in [5.74, 6) is -0.426. The molecular formula is C14H11NO3. The minimum Gasteiger partial charge on any atom is -0.507 e. The molecule has 0 radical (unpaired) electrons. The van der Waals surface area contributed by atoms with Crippen LogP contribution < -0.4 is 5.32 Å². The van der Waals surface area contributed by atoms with E-state index in [1.165, 1.54) is 12.1 Å². The number of amides is 1. The fourth-order valence-corrected chi connectivity index (χ4v) is 1.51. The fraction of sp³-hybridized carbons (Fsp3) is 0. The molecule has 0 unspecified atom stereocenters. The summed E-state index contributed by atoms with van der Waals surface area (Å²) in [4.78, 5) is 22.4. The number of phenolic OH excluding ortho intramolecular Hbond substituents is 1. The van der Waals surface area contributed by atoms with E-state index in [1.807, 2.05) is 6.07 Å². The minimum absolute atomic E-state index is 0.157. The van der Waals surface area contributed by atoms with Crippen molar-refractivity contribution < 1.29 is 14.7 Å². The van der Waals surface area contributed by atoms with Crippen LogP contribution in [0.3, 0.4) is 0 Å². The third-order valence-electron chi connectivity index (χ3n) is 2.45. The number of rotatable bonds is 3. The highest BCUT2D eigenvalue weighted by molar-refractivity contribution is 6.04. The smallest absolute Gasteiger partial charge is 0.255 e. The summed E-state index contributed by atoms with van der Waals surface area (Å²) >= 11 is 0. The average molecular weight is 241 g/mol. The van der Waals surface area contributed by atoms with Gasteiger partial charge in [-0.2, -0.15) is 0 Å². The summed E-state index contributed by atoms with van der Waals surface area (Å²) in [6.07, 6.45) is 0.554. The Balaban J connectivity index is 2.17. The summed E-state index contributed by atoms with van der Waals surface area (Å²) in [5, 5.41) is 12.1. The van der Waals surface area contributed by atoms with Gasteiger partial charge in [0.15, 0.2) is 6.29 Å². The topological polar surface area (TPSA) is 66.4 Å². The second-order valence-corrected chi connectivity index (χ2v) is 3.71. The molecule has 0 saturated carbocycles. The van der Waals surface area contributed by atoms with Gasteiger partial charge in [0.1, 0.15) is 5.75 Å². The summed E-state index contributed by atoms with van der Waals surface area (Å²) in [7, 11) is 0. The number of phenols is 1. The molecular weight excluding hydrogens is 230 g/mol. The molecule has 0 heterocycles. The second kappa shape index (κ2) is 5.14. The molecule has 0 aliphatic heterocycles. The highest BCUT2D eigenvalue weighted by Crippen LogP contribution is 2.20. The lowest BCUT2D eigenvalue weighted by molar-refractivity contribution is 0.102. The van der Waals surface area contributed by atoms with Crippen LogP contribution in [0.25, 0.3) is 0 Å². The van der Waals surface area contributed by atoms with Crippen molar-refractivity contribution >= 4 is 17.9 Å². The molecule has 90 valence electrons. The lowest BCUT2D eigenvalue weighted by Gasteiger charge is -2.06. The van der Waals surface area contributed by atoms with Crippen LogP contribution in [0.5, 0.6) is 5.75 Å². The molecule has 2 aromatic carbocycles. The van der Waals surface area contributed by atoms with Crippen molar-refractivity contribution in [3.05, 3.63) is 59.7 Å². The van der Waals surface area contributed by atoms with E-state index in [4.69, 9.17) is 0 Å². The van der Waals surface area contributed by atoms with Gasteiger partial charge in [-0.3, -0.25) is 9.59 Å². The van der Waals surface area contributed by atoms with Crippen LogP contribution in [0.2, 0.25) is 0 Å². The van der Waals surface area contributed by atoms with Crippen LogP contribution >= 0.6 is 0 Å². The minimum atomic E-state index is -0.270. The van der Waals surface area contributed by atoms with Crippen molar-refractivity contribution in [1.82, 2.24) is 0 Å². The van der Waals surface area contributed by atoms with Crippen LogP contribution in [0, 0.1) is 0 Å². The van der Waals surface area contributed by atoms with Crippen LogP contribution in [0.15, 0.2) is 48.5 Å². The molecule has 0 aliphatic rings. The van der Waals surface area contributed by atoms with E-state index < -0.39 is 0 Å². The molecule has 18 heavy (non-hydrogen) atoms. The Morgan fingerprint density at radius 2 is 1.83 bits per heavy atom. The maximum Gasteiger partial charge on any atom is 0.255 e. The lowest BCUT2D eigenvalue weighted by atomic mass is 10.2. The van der Waals surface area contributed by atoms with Gasteiger partial charge in [-0.25, -0.2) is 0 Å². The molecule has 4 heteroatoms. The molecule has 0 aromatic heterocycles. The van der Waals surface area contributed by atoms with Gasteiger partial charge in [0.2, 0.25) is 0 Å².